The molecule has 5 rings (SSSR count). The molecule has 2 aromatic rings. The zero-order chi connectivity index (χ0) is 18.1. The molecule has 1 aromatic heterocycles. The summed E-state index contributed by atoms with van der Waals surface area (Å²) >= 11 is 0.881. The number of hydrogen-bond donors (Lipinski definition) is 1. The molecular weight excluding hydrogens is 396 g/mol. The molecule has 9 heteroatoms. The van der Waals surface area contributed by atoms with Gasteiger partial charge in [0.1, 0.15) is 6.10 Å². The SMILES string of the molecule is Cl.O=C(Nc1nc(C(F)F)sc1-c1ccccc1)O[C@H]1CN2CCC1CC2. The number of benzene rings is 1. The highest BCUT2D eigenvalue weighted by molar-refractivity contribution is 7.15. The summed E-state index contributed by atoms with van der Waals surface area (Å²) in [7, 11) is 0. The van der Waals surface area contributed by atoms with Crippen LogP contribution < -0.4 is 5.32 Å². The molecule has 4 heterocycles. The van der Waals surface area contributed by atoms with Crippen LogP contribution in [-0.2, 0) is 4.74 Å². The van der Waals surface area contributed by atoms with E-state index in [0.717, 1.165) is 49.4 Å². The summed E-state index contributed by atoms with van der Waals surface area (Å²) in [4.78, 5) is 19.0. The normalized spacial score (nSPS) is 23.7. The number of ether oxygens (including phenoxy) is 1. The first-order valence-corrected chi connectivity index (χ1v) is 9.46. The molecule has 1 aromatic carbocycles. The van der Waals surface area contributed by atoms with Crippen molar-refractivity contribution in [2.75, 3.05) is 25.0 Å². The van der Waals surface area contributed by atoms with Crippen molar-refractivity contribution in [2.45, 2.75) is 25.4 Å². The molecule has 3 saturated heterocycles. The van der Waals surface area contributed by atoms with Crippen LogP contribution in [0.1, 0.15) is 24.3 Å². The number of thiazole rings is 1. The molecule has 1 amide bonds. The molecule has 3 aliphatic heterocycles. The number of fused-ring (bicyclic) bond motifs is 3. The highest BCUT2D eigenvalue weighted by Crippen LogP contribution is 2.38. The Kier molecular flexibility index (Phi) is 6.29. The first kappa shape index (κ1) is 20.0. The Bertz CT molecular complexity index is 782. The van der Waals surface area contributed by atoms with Gasteiger partial charge in [-0.1, -0.05) is 30.3 Å². The number of rotatable bonds is 4. The lowest BCUT2D eigenvalue weighted by atomic mass is 9.86. The molecule has 0 saturated carbocycles. The van der Waals surface area contributed by atoms with Crippen LogP contribution in [0.3, 0.4) is 0 Å². The van der Waals surface area contributed by atoms with Gasteiger partial charge in [0.25, 0.3) is 6.43 Å². The average molecular weight is 416 g/mol. The second-order valence-electron chi connectivity index (χ2n) is 6.60. The maximum Gasteiger partial charge on any atom is 0.413 e. The Hall–Kier alpha value is -1.77. The number of alkyl halides is 2. The number of amides is 1. The maximum absolute atomic E-state index is 13.1. The van der Waals surface area contributed by atoms with Crippen molar-refractivity contribution in [3.05, 3.63) is 35.3 Å². The van der Waals surface area contributed by atoms with Crippen molar-refractivity contribution in [1.29, 1.82) is 0 Å². The van der Waals surface area contributed by atoms with E-state index in [4.69, 9.17) is 4.74 Å². The Balaban J connectivity index is 0.00000210. The van der Waals surface area contributed by atoms with E-state index in [0.29, 0.717) is 10.8 Å². The van der Waals surface area contributed by atoms with Gasteiger partial charge in [0.15, 0.2) is 10.8 Å². The van der Waals surface area contributed by atoms with Crippen LogP contribution in [0.5, 0.6) is 0 Å². The number of carbonyl (C=O) groups is 1. The van der Waals surface area contributed by atoms with E-state index < -0.39 is 12.5 Å². The fourth-order valence-corrected chi connectivity index (χ4v) is 4.49. The Morgan fingerprint density at radius 2 is 1.96 bits per heavy atom. The minimum atomic E-state index is -2.68. The largest absolute Gasteiger partial charge is 0.444 e. The van der Waals surface area contributed by atoms with Gasteiger partial charge in [-0.15, -0.1) is 23.7 Å². The number of nitrogens with zero attached hydrogens (tertiary/aromatic N) is 2. The van der Waals surface area contributed by atoms with E-state index in [1.165, 1.54) is 0 Å². The van der Waals surface area contributed by atoms with E-state index in [-0.39, 0.29) is 29.3 Å². The molecule has 5 nitrogen and oxygen atoms in total. The van der Waals surface area contributed by atoms with Crippen LogP contribution in [0.2, 0.25) is 0 Å². The first-order valence-electron chi connectivity index (χ1n) is 8.64. The molecule has 1 N–H and O–H groups in total. The predicted octanol–water partition coefficient (Wildman–Crippen LogP) is 4.81. The van der Waals surface area contributed by atoms with Gasteiger partial charge in [0.05, 0.1) is 4.88 Å². The van der Waals surface area contributed by atoms with Crippen LogP contribution in [0, 0.1) is 5.92 Å². The van der Waals surface area contributed by atoms with Crippen molar-refractivity contribution in [3.8, 4) is 10.4 Å². The number of anilines is 1. The van der Waals surface area contributed by atoms with Crippen LogP contribution in [-0.4, -0.2) is 41.7 Å². The number of halogens is 3. The van der Waals surface area contributed by atoms with E-state index in [2.05, 4.69) is 15.2 Å². The Morgan fingerprint density at radius 3 is 2.56 bits per heavy atom. The fraction of sp³-hybridized carbons (Fsp3) is 0.444. The van der Waals surface area contributed by atoms with Crippen LogP contribution >= 0.6 is 23.7 Å². The molecule has 0 radical (unpaired) electrons. The third-order valence-corrected chi connectivity index (χ3v) is 6.05. The number of piperidine rings is 3. The lowest BCUT2D eigenvalue weighted by molar-refractivity contribution is -0.0290. The maximum atomic E-state index is 13.1. The van der Waals surface area contributed by atoms with E-state index in [9.17, 15) is 13.6 Å². The summed E-state index contributed by atoms with van der Waals surface area (Å²) in [6.07, 6.45) is -1.41. The standard InChI is InChI=1S/C18H19F2N3O2S.ClH/c19-15(20)17-21-16(14(26-17)12-4-2-1-3-5-12)22-18(24)25-13-10-23-8-6-11(13)7-9-23;/h1-5,11,13,15H,6-10H2,(H,22,24);1H/t13-;/m0./s1. The number of nitrogens with one attached hydrogen (secondary N) is 1. The van der Waals surface area contributed by atoms with Gasteiger partial charge >= 0.3 is 6.09 Å². The summed E-state index contributed by atoms with van der Waals surface area (Å²) in [6, 6.07) is 9.06. The van der Waals surface area contributed by atoms with Crippen molar-refractivity contribution in [2.24, 2.45) is 5.92 Å². The summed E-state index contributed by atoms with van der Waals surface area (Å²) < 4.78 is 31.7. The molecular formula is C18H20ClF2N3O2S. The zero-order valence-electron chi connectivity index (χ0n) is 14.4. The van der Waals surface area contributed by atoms with Gasteiger partial charge < -0.3 is 4.74 Å². The van der Waals surface area contributed by atoms with Crippen LogP contribution in [0.15, 0.2) is 30.3 Å². The second kappa shape index (κ2) is 8.50. The summed E-state index contributed by atoms with van der Waals surface area (Å²) in [6.45, 7) is 2.84. The van der Waals surface area contributed by atoms with Gasteiger partial charge in [-0.3, -0.25) is 10.2 Å². The van der Waals surface area contributed by atoms with Crippen molar-refractivity contribution >= 4 is 35.7 Å². The lowest BCUT2D eigenvalue weighted by Gasteiger charge is -2.43. The molecule has 27 heavy (non-hydrogen) atoms. The van der Waals surface area contributed by atoms with Gasteiger partial charge in [0, 0.05) is 6.54 Å². The highest BCUT2D eigenvalue weighted by atomic mass is 35.5. The van der Waals surface area contributed by atoms with Crippen molar-refractivity contribution in [1.82, 2.24) is 9.88 Å². The van der Waals surface area contributed by atoms with E-state index in [1.807, 2.05) is 18.2 Å². The number of hydrogen-bond acceptors (Lipinski definition) is 5. The minimum absolute atomic E-state index is 0. The van der Waals surface area contributed by atoms with Crippen molar-refractivity contribution in [3.63, 3.8) is 0 Å². The second-order valence-corrected chi connectivity index (χ2v) is 7.63. The van der Waals surface area contributed by atoms with Gasteiger partial charge in [-0.25, -0.2) is 18.6 Å². The summed E-state index contributed by atoms with van der Waals surface area (Å²) in [5.74, 6) is 0.508. The predicted molar refractivity (Wildman–Crippen MR) is 103 cm³/mol. The van der Waals surface area contributed by atoms with Crippen LogP contribution in [0.25, 0.3) is 10.4 Å². The third-order valence-electron chi connectivity index (χ3n) is 4.94. The third kappa shape index (κ3) is 4.39. The number of carbonyl (C=O) groups excluding carboxylic acids is 1. The van der Waals surface area contributed by atoms with Crippen molar-refractivity contribution < 1.29 is 18.3 Å². The number of aromatic nitrogens is 1. The first-order chi connectivity index (χ1) is 12.6. The van der Waals surface area contributed by atoms with Gasteiger partial charge in [-0.05, 0) is 37.4 Å². The van der Waals surface area contributed by atoms with E-state index in [1.54, 1.807) is 12.1 Å². The Morgan fingerprint density at radius 1 is 1.26 bits per heavy atom. The summed E-state index contributed by atoms with van der Waals surface area (Å²) in [5.41, 5.74) is 0.732. The van der Waals surface area contributed by atoms with Gasteiger partial charge in [0.2, 0.25) is 0 Å². The molecule has 0 unspecified atom stereocenters. The minimum Gasteiger partial charge on any atom is -0.444 e. The molecule has 3 aliphatic rings. The zero-order valence-corrected chi connectivity index (χ0v) is 16.1. The monoisotopic (exact) mass is 415 g/mol. The molecule has 3 fully saturated rings. The molecule has 0 aliphatic carbocycles. The molecule has 2 bridgehead atoms. The van der Waals surface area contributed by atoms with E-state index >= 15 is 0 Å². The van der Waals surface area contributed by atoms with Crippen LogP contribution in [0.4, 0.5) is 19.4 Å². The average Bonchev–Trinajstić information content (AvgIpc) is 3.07. The topological polar surface area (TPSA) is 54.5 Å². The fourth-order valence-electron chi connectivity index (χ4n) is 3.61. The molecule has 0 spiro atoms. The molecule has 146 valence electrons. The summed E-state index contributed by atoms with van der Waals surface area (Å²) in [5, 5.41) is 2.26. The smallest absolute Gasteiger partial charge is 0.413 e. The molecule has 1 atom stereocenters. The lowest BCUT2D eigenvalue weighted by Crippen LogP contribution is -2.52. The quantitative estimate of drug-likeness (QED) is 0.778. The highest BCUT2D eigenvalue weighted by Gasteiger charge is 2.36. The Labute approximate surface area is 166 Å². The van der Waals surface area contributed by atoms with Gasteiger partial charge in [-0.2, -0.15) is 0 Å².